The van der Waals surface area contributed by atoms with Gasteiger partial charge in [-0.05, 0) is 24.3 Å². The molecule has 0 aliphatic carbocycles. The number of rotatable bonds is 4. The quantitative estimate of drug-likeness (QED) is 0.758. The fraction of sp³-hybridized carbons (Fsp3) is 0.0714. The first-order chi connectivity index (χ1) is 8.52. The summed E-state index contributed by atoms with van der Waals surface area (Å²) in [6, 6.07) is 4.11. The molecule has 0 aromatic heterocycles. The Labute approximate surface area is 111 Å². The molecule has 1 amide bonds. The SMILES string of the molecule is C=CC=C(C=C)N(C)C(=O)c1c(F)cccc1Cl. The molecule has 0 aliphatic rings. The summed E-state index contributed by atoms with van der Waals surface area (Å²) in [5, 5.41) is 0.0777. The van der Waals surface area contributed by atoms with Crippen LogP contribution in [-0.2, 0) is 0 Å². The Kier molecular flexibility index (Phi) is 4.86. The minimum Gasteiger partial charge on any atom is -0.311 e. The van der Waals surface area contributed by atoms with Crippen molar-refractivity contribution in [3.63, 3.8) is 0 Å². The molecule has 4 heteroatoms. The summed E-state index contributed by atoms with van der Waals surface area (Å²) in [5.74, 6) is -1.19. The van der Waals surface area contributed by atoms with E-state index in [4.69, 9.17) is 11.6 Å². The van der Waals surface area contributed by atoms with E-state index in [1.807, 2.05) is 0 Å². The van der Waals surface area contributed by atoms with Gasteiger partial charge in [-0.15, -0.1) is 0 Å². The molecule has 0 saturated heterocycles. The van der Waals surface area contributed by atoms with E-state index >= 15 is 0 Å². The maximum atomic E-state index is 13.6. The molecular weight excluding hydrogens is 253 g/mol. The van der Waals surface area contributed by atoms with Gasteiger partial charge in [0.15, 0.2) is 0 Å². The van der Waals surface area contributed by atoms with Gasteiger partial charge in [0.25, 0.3) is 5.91 Å². The molecule has 0 radical (unpaired) electrons. The van der Waals surface area contributed by atoms with Crippen molar-refractivity contribution in [1.29, 1.82) is 0 Å². The van der Waals surface area contributed by atoms with Crippen molar-refractivity contribution in [2.45, 2.75) is 0 Å². The Morgan fingerprint density at radius 1 is 1.44 bits per heavy atom. The third-order valence-corrected chi connectivity index (χ3v) is 2.68. The van der Waals surface area contributed by atoms with Crippen LogP contribution in [0.25, 0.3) is 0 Å². The number of benzene rings is 1. The van der Waals surface area contributed by atoms with Crippen LogP contribution in [0, 0.1) is 5.82 Å². The van der Waals surface area contributed by atoms with E-state index in [1.165, 1.54) is 42.3 Å². The van der Waals surface area contributed by atoms with Gasteiger partial charge in [-0.1, -0.05) is 36.9 Å². The Bertz CT molecular complexity index is 502. The van der Waals surface area contributed by atoms with Crippen LogP contribution in [0.4, 0.5) is 4.39 Å². The molecule has 1 aromatic rings. The van der Waals surface area contributed by atoms with Gasteiger partial charge in [-0.25, -0.2) is 4.39 Å². The summed E-state index contributed by atoms with van der Waals surface area (Å²) >= 11 is 5.84. The van der Waals surface area contributed by atoms with Gasteiger partial charge in [0.2, 0.25) is 0 Å². The lowest BCUT2D eigenvalue weighted by Crippen LogP contribution is -2.26. The fourth-order valence-corrected chi connectivity index (χ4v) is 1.67. The zero-order chi connectivity index (χ0) is 13.7. The molecule has 0 saturated carbocycles. The number of amides is 1. The van der Waals surface area contributed by atoms with Crippen LogP contribution in [-0.4, -0.2) is 17.9 Å². The molecule has 0 unspecified atom stereocenters. The average molecular weight is 266 g/mol. The normalized spacial score (nSPS) is 10.9. The third kappa shape index (κ3) is 2.87. The van der Waals surface area contributed by atoms with E-state index in [0.717, 1.165) is 0 Å². The van der Waals surface area contributed by atoms with E-state index in [-0.39, 0.29) is 10.6 Å². The molecule has 0 N–H and O–H groups in total. The van der Waals surface area contributed by atoms with Crippen LogP contribution >= 0.6 is 11.6 Å². The molecule has 0 aliphatic heterocycles. The maximum Gasteiger partial charge on any atom is 0.262 e. The second-order valence-electron chi connectivity index (χ2n) is 3.49. The standard InChI is InChI=1S/C14H13ClFNO/c1-4-7-10(5-2)17(3)14(18)13-11(15)8-6-9-12(13)16/h4-9H,1-2H2,3H3. The Balaban J connectivity index is 3.18. The second kappa shape index (κ2) is 6.17. The predicted molar refractivity (Wildman–Crippen MR) is 72.0 cm³/mol. The summed E-state index contributed by atoms with van der Waals surface area (Å²) in [4.78, 5) is 13.4. The number of carbonyl (C=O) groups is 1. The molecule has 0 fully saturated rings. The van der Waals surface area contributed by atoms with E-state index in [0.29, 0.717) is 5.70 Å². The summed E-state index contributed by atoms with van der Waals surface area (Å²) in [5.41, 5.74) is 0.354. The first-order valence-electron chi connectivity index (χ1n) is 5.20. The zero-order valence-electron chi connectivity index (χ0n) is 9.99. The molecular formula is C14H13ClFNO. The van der Waals surface area contributed by atoms with Crippen LogP contribution in [0.5, 0.6) is 0 Å². The van der Waals surface area contributed by atoms with Crippen molar-refractivity contribution in [1.82, 2.24) is 4.90 Å². The summed E-state index contributed by atoms with van der Waals surface area (Å²) in [6.07, 6.45) is 4.59. The topological polar surface area (TPSA) is 20.3 Å². The lowest BCUT2D eigenvalue weighted by atomic mass is 10.1. The second-order valence-corrected chi connectivity index (χ2v) is 3.90. The minimum atomic E-state index is -0.652. The highest BCUT2D eigenvalue weighted by Crippen LogP contribution is 2.21. The zero-order valence-corrected chi connectivity index (χ0v) is 10.7. The van der Waals surface area contributed by atoms with Crippen LogP contribution in [0.2, 0.25) is 5.02 Å². The number of nitrogens with zero attached hydrogens (tertiary/aromatic N) is 1. The molecule has 0 bridgehead atoms. The van der Waals surface area contributed by atoms with Crippen LogP contribution in [0.3, 0.4) is 0 Å². The highest BCUT2D eigenvalue weighted by molar-refractivity contribution is 6.33. The maximum absolute atomic E-state index is 13.6. The van der Waals surface area contributed by atoms with Crippen molar-refractivity contribution in [2.75, 3.05) is 7.05 Å². The first kappa shape index (κ1) is 14.2. The van der Waals surface area contributed by atoms with Crippen LogP contribution in [0.1, 0.15) is 10.4 Å². The van der Waals surface area contributed by atoms with E-state index in [9.17, 15) is 9.18 Å². The molecule has 0 heterocycles. The number of likely N-dealkylation sites (N-methyl/N-ethyl adjacent to an activating group) is 1. The van der Waals surface area contributed by atoms with Crippen molar-refractivity contribution in [3.8, 4) is 0 Å². The number of hydrogen-bond acceptors (Lipinski definition) is 1. The third-order valence-electron chi connectivity index (χ3n) is 2.37. The lowest BCUT2D eigenvalue weighted by molar-refractivity contribution is 0.0836. The highest BCUT2D eigenvalue weighted by Gasteiger charge is 2.20. The van der Waals surface area contributed by atoms with Crippen molar-refractivity contribution < 1.29 is 9.18 Å². The summed E-state index contributed by atoms with van der Waals surface area (Å²) < 4.78 is 13.6. The minimum absolute atomic E-state index is 0.0777. The molecule has 94 valence electrons. The Morgan fingerprint density at radius 3 is 2.61 bits per heavy atom. The summed E-state index contributed by atoms with van der Waals surface area (Å²) in [6.45, 7) is 7.12. The largest absolute Gasteiger partial charge is 0.311 e. The molecule has 18 heavy (non-hydrogen) atoms. The van der Waals surface area contributed by atoms with E-state index < -0.39 is 11.7 Å². The average Bonchev–Trinajstić information content (AvgIpc) is 2.34. The number of halogens is 2. The van der Waals surface area contributed by atoms with Crippen LogP contribution < -0.4 is 0 Å². The summed E-state index contributed by atoms with van der Waals surface area (Å²) in [7, 11) is 1.52. The monoisotopic (exact) mass is 265 g/mol. The van der Waals surface area contributed by atoms with Gasteiger partial charge in [0.1, 0.15) is 5.82 Å². The van der Waals surface area contributed by atoms with Gasteiger partial charge in [-0.3, -0.25) is 4.79 Å². The van der Waals surface area contributed by atoms with Gasteiger partial charge < -0.3 is 4.90 Å². The number of hydrogen-bond donors (Lipinski definition) is 0. The Morgan fingerprint density at radius 2 is 2.11 bits per heavy atom. The number of allylic oxidation sites excluding steroid dienone is 3. The van der Waals surface area contributed by atoms with Crippen molar-refractivity contribution >= 4 is 17.5 Å². The van der Waals surface area contributed by atoms with Gasteiger partial charge >= 0.3 is 0 Å². The van der Waals surface area contributed by atoms with E-state index in [1.54, 1.807) is 6.08 Å². The first-order valence-corrected chi connectivity index (χ1v) is 5.58. The van der Waals surface area contributed by atoms with Gasteiger partial charge in [0.05, 0.1) is 10.6 Å². The molecule has 0 atom stereocenters. The molecule has 1 aromatic carbocycles. The fourth-order valence-electron chi connectivity index (χ4n) is 1.42. The Hall–Kier alpha value is -1.87. The van der Waals surface area contributed by atoms with Crippen molar-refractivity contribution in [2.24, 2.45) is 0 Å². The van der Waals surface area contributed by atoms with E-state index in [2.05, 4.69) is 13.2 Å². The van der Waals surface area contributed by atoms with Gasteiger partial charge in [0, 0.05) is 12.7 Å². The predicted octanol–water partition coefficient (Wildman–Crippen LogP) is 3.81. The van der Waals surface area contributed by atoms with Crippen molar-refractivity contribution in [3.05, 3.63) is 71.7 Å². The van der Waals surface area contributed by atoms with Crippen LogP contribution in [0.15, 0.2) is 55.3 Å². The lowest BCUT2D eigenvalue weighted by Gasteiger charge is -2.19. The molecule has 1 rings (SSSR count). The smallest absolute Gasteiger partial charge is 0.262 e. The number of carbonyl (C=O) groups excluding carboxylic acids is 1. The molecule has 0 spiro atoms. The highest BCUT2D eigenvalue weighted by atomic mass is 35.5. The molecule has 2 nitrogen and oxygen atoms in total. The van der Waals surface area contributed by atoms with Gasteiger partial charge in [-0.2, -0.15) is 0 Å².